The van der Waals surface area contributed by atoms with Crippen LogP contribution < -0.4 is 0 Å². The summed E-state index contributed by atoms with van der Waals surface area (Å²) in [5.74, 6) is 2.06. The van der Waals surface area contributed by atoms with E-state index in [-0.39, 0.29) is 0 Å². The zero-order valence-electron chi connectivity index (χ0n) is 7.47. The van der Waals surface area contributed by atoms with Crippen LogP contribution in [0.25, 0.3) is 0 Å². The van der Waals surface area contributed by atoms with E-state index in [1.54, 1.807) is 5.57 Å². The Morgan fingerprint density at radius 2 is 2.27 bits per heavy atom. The van der Waals surface area contributed by atoms with Crippen LogP contribution in [0.1, 0.15) is 45.4 Å². The molecule has 0 radical (unpaired) electrons. The summed E-state index contributed by atoms with van der Waals surface area (Å²) in [6, 6.07) is 0. The summed E-state index contributed by atoms with van der Waals surface area (Å²) in [4.78, 5) is 0. The molecule has 0 N–H and O–H groups in total. The van der Waals surface area contributed by atoms with Crippen LogP contribution in [-0.2, 0) is 0 Å². The summed E-state index contributed by atoms with van der Waals surface area (Å²) in [5.41, 5.74) is 1.76. The Morgan fingerprint density at radius 1 is 1.45 bits per heavy atom. The molecule has 0 heterocycles. The lowest BCUT2D eigenvalue weighted by Crippen LogP contribution is -2.11. The lowest BCUT2D eigenvalue weighted by Gasteiger charge is -2.25. The van der Waals surface area contributed by atoms with E-state index in [2.05, 4.69) is 13.0 Å². The highest BCUT2D eigenvalue weighted by Crippen LogP contribution is 2.42. The predicted octanol–water partition coefficient (Wildman–Crippen LogP) is 3.53. The Labute approximate surface area is 69.7 Å². The normalized spacial score (nSPS) is 29.5. The quantitative estimate of drug-likeness (QED) is 0.538. The molecule has 2 rings (SSSR count). The second-order valence-corrected chi connectivity index (χ2v) is 4.13. The van der Waals surface area contributed by atoms with Gasteiger partial charge in [-0.15, -0.1) is 0 Å². The third-order valence-electron chi connectivity index (χ3n) is 3.13. The average molecular weight is 150 g/mol. The molecule has 0 aromatic rings. The van der Waals surface area contributed by atoms with E-state index in [9.17, 15) is 0 Å². The Kier molecular flexibility index (Phi) is 2.02. The van der Waals surface area contributed by atoms with Crippen molar-refractivity contribution in [2.24, 2.45) is 11.8 Å². The predicted molar refractivity (Wildman–Crippen MR) is 48.4 cm³/mol. The van der Waals surface area contributed by atoms with Crippen LogP contribution in [0, 0.1) is 11.8 Å². The van der Waals surface area contributed by atoms with Gasteiger partial charge in [-0.25, -0.2) is 0 Å². The summed E-state index contributed by atoms with van der Waals surface area (Å²) in [5, 5.41) is 0. The number of hydrogen-bond donors (Lipinski definition) is 0. The van der Waals surface area contributed by atoms with Crippen LogP contribution in [0.15, 0.2) is 11.6 Å². The second kappa shape index (κ2) is 3.00. The van der Waals surface area contributed by atoms with Gasteiger partial charge in [0.25, 0.3) is 0 Å². The molecule has 0 saturated heterocycles. The van der Waals surface area contributed by atoms with Gasteiger partial charge in [0, 0.05) is 0 Å². The fourth-order valence-corrected chi connectivity index (χ4v) is 2.07. The third-order valence-corrected chi connectivity index (χ3v) is 3.13. The highest BCUT2D eigenvalue weighted by molar-refractivity contribution is 5.29. The molecule has 0 nitrogen and oxygen atoms in total. The van der Waals surface area contributed by atoms with Crippen LogP contribution in [0.3, 0.4) is 0 Å². The molecule has 0 spiro atoms. The van der Waals surface area contributed by atoms with Crippen molar-refractivity contribution in [2.45, 2.75) is 45.4 Å². The molecule has 0 amide bonds. The topological polar surface area (TPSA) is 0 Å². The summed E-state index contributed by atoms with van der Waals surface area (Å²) in [7, 11) is 0. The first kappa shape index (κ1) is 7.39. The Bertz CT molecular complexity index is 163. The molecule has 1 fully saturated rings. The molecule has 2 aliphatic rings. The smallest absolute Gasteiger partial charge is 0.00175 e. The standard InChI is InChI=1S/C11H18/c1-2-4-10-8-11(10)7-9-5-3-6-9/h8-9,11H,2-7H2,1H3. The highest BCUT2D eigenvalue weighted by Gasteiger charge is 2.28. The fourth-order valence-electron chi connectivity index (χ4n) is 2.07. The van der Waals surface area contributed by atoms with Crippen molar-refractivity contribution < 1.29 is 0 Å². The minimum atomic E-state index is 0.959. The Hall–Kier alpha value is -0.260. The van der Waals surface area contributed by atoms with Crippen molar-refractivity contribution in [3.8, 4) is 0 Å². The van der Waals surface area contributed by atoms with Gasteiger partial charge in [0.15, 0.2) is 0 Å². The van der Waals surface area contributed by atoms with Crippen LogP contribution in [-0.4, -0.2) is 0 Å². The van der Waals surface area contributed by atoms with E-state index >= 15 is 0 Å². The van der Waals surface area contributed by atoms with E-state index < -0.39 is 0 Å². The van der Waals surface area contributed by atoms with Gasteiger partial charge in [0.2, 0.25) is 0 Å². The van der Waals surface area contributed by atoms with Crippen molar-refractivity contribution >= 4 is 0 Å². The second-order valence-electron chi connectivity index (χ2n) is 4.13. The number of rotatable bonds is 4. The molecule has 0 aliphatic heterocycles. The summed E-state index contributed by atoms with van der Waals surface area (Å²) >= 11 is 0. The van der Waals surface area contributed by atoms with Gasteiger partial charge in [-0.2, -0.15) is 0 Å². The van der Waals surface area contributed by atoms with Crippen molar-refractivity contribution in [3.05, 3.63) is 11.6 Å². The minimum absolute atomic E-state index is 0.959. The minimum Gasteiger partial charge on any atom is -0.0775 e. The molecule has 11 heavy (non-hydrogen) atoms. The summed E-state index contributed by atoms with van der Waals surface area (Å²) in [6.45, 7) is 2.28. The van der Waals surface area contributed by atoms with E-state index in [0.29, 0.717) is 0 Å². The molecule has 0 heteroatoms. The van der Waals surface area contributed by atoms with Crippen molar-refractivity contribution in [3.63, 3.8) is 0 Å². The monoisotopic (exact) mass is 150 g/mol. The first-order chi connectivity index (χ1) is 5.40. The van der Waals surface area contributed by atoms with E-state index in [1.807, 2.05) is 0 Å². The van der Waals surface area contributed by atoms with Crippen LogP contribution >= 0.6 is 0 Å². The van der Waals surface area contributed by atoms with Gasteiger partial charge in [-0.3, -0.25) is 0 Å². The average Bonchev–Trinajstić information content (AvgIpc) is 2.60. The van der Waals surface area contributed by atoms with Crippen LogP contribution in [0.2, 0.25) is 0 Å². The number of hydrogen-bond acceptors (Lipinski definition) is 0. The maximum atomic E-state index is 2.49. The summed E-state index contributed by atoms with van der Waals surface area (Å²) < 4.78 is 0. The molecule has 1 atom stereocenters. The maximum absolute atomic E-state index is 2.49. The van der Waals surface area contributed by atoms with Gasteiger partial charge >= 0.3 is 0 Å². The molecule has 62 valence electrons. The third kappa shape index (κ3) is 1.66. The zero-order chi connectivity index (χ0) is 7.68. The van der Waals surface area contributed by atoms with Crippen LogP contribution in [0.5, 0.6) is 0 Å². The fraction of sp³-hybridized carbons (Fsp3) is 0.818. The Morgan fingerprint density at radius 3 is 2.82 bits per heavy atom. The first-order valence-electron chi connectivity index (χ1n) is 5.10. The molecule has 0 aromatic heterocycles. The summed E-state index contributed by atoms with van der Waals surface area (Å²) in [6.07, 6.45) is 11.2. The largest absolute Gasteiger partial charge is 0.0775 e. The molecular weight excluding hydrogens is 132 g/mol. The van der Waals surface area contributed by atoms with Crippen molar-refractivity contribution in [2.75, 3.05) is 0 Å². The van der Waals surface area contributed by atoms with Gasteiger partial charge in [-0.1, -0.05) is 44.3 Å². The first-order valence-corrected chi connectivity index (χ1v) is 5.10. The molecule has 0 aromatic carbocycles. The molecule has 1 unspecified atom stereocenters. The van der Waals surface area contributed by atoms with Gasteiger partial charge in [-0.05, 0) is 24.7 Å². The lowest BCUT2D eigenvalue weighted by atomic mass is 9.81. The van der Waals surface area contributed by atoms with Crippen LogP contribution in [0.4, 0.5) is 0 Å². The zero-order valence-corrected chi connectivity index (χ0v) is 7.47. The molecule has 0 bridgehead atoms. The highest BCUT2D eigenvalue weighted by atomic mass is 14.3. The van der Waals surface area contributed by atoms with Gasteiger partial charge < -0.3 is 0 Å². The SMILES string of the molecule is CCCC1=CC1CC1CCC1. The van der Waals surface area contributed by atoms with Gasteiger partial charge in [0.1, 0.15) is 0 Å². The van der Waals surface area contributed by atoms with Gasteiger partial charge in [0.05, 0.1) is 0 Å². The number of allylic oxidation sites excluding steroid dienone is 2. The van der Waals surface area contributed by atoms with E-state index in [1.165, 1.54) is 38.5 Å². The molecule has 2 aliphatic carbocycles. The lowest BCUT2D eigenvalue weighted by molar-refractivity contribution is 0.286. The van der Waals surface area contributed by atoms with Crippen molar-refractivity contribution in [1.82, 2.24) is 0 Å². The molecule has 1 saturated carbocycles. The van der Waals surface area contributed by atoms with Crippen molar-refractivity contribution in [1.29, 1.82) is 0 Å². The van der Waals surface area contributed by atoms with E-state index in [0.717, 1.165) is 11.8 Å². The molecular formula is C11H18. The Balaban J connectivity index is 1.61. The maximum Gasteiger partial charge on any atom is -0.00175 e. The van der Waals surface area contributed by atoms with E-state index in [4.69, 9.17) is 0 Å².